The van der Waals surface area contributed by atoms with Gasteiger partial charge in [0, 0.05) is 36.6 Å². The predicted octanol–water partition coefficient (Wildman–Crippen LogP) is 3.52. The van der Waals surface area contributed by atoms with Crippen LogP contribution in [0.1, 0.15) is 24.6 Å². The van der Waals surface area contributed by atoms with E-state index >= 15 is 0 Å². The Balaban J connectivity index is 0.000000257. The van der Waals surface area contributed by atoms with Gasteiger partial charge in [0.2, 0.25) is 0 Å². The van der Waals surface area contributed by atoms with Gasteiger partial charge in [-0.05, 0) is 49.2 Å². The van der Waals surface area contributed by atoms with Gasteiger partial charge in [-0.15, -0.1) is 0 Å². The average Bonchev–Trinajstić information content (AvgIpc) is 3.23. The summed E-state index contributed by atoms with van der Waals surface area (Å²) in [6.45, 7) is 2.09. The molecular formula is C20H19F6N5O4. The number of fused-ring (bicyclic) bond motifs is 1. The Kier molecular flexibility index (Phi) is 9.11. The molecule has 1 fully saturated rings. The first-order chi connectivity index (χ1) is 16.3. The van der Waals surface area contributed by atoms with Crippen molar-refractivity contribution in [1.29, 1.82) is 0 Å². The van der Waals surface area contributed by atoms with Crippen LogP contribution in [0.15, 0.2) is 42.9 Å². The van der Waals surface area contributed by atoms with Gasteiger partial charge in [-0.25, -0.2) is 19.1 Å². The third-order valence-electron chi connectivity index (χ3n) is 4.51. The van der Waals surface area contributed by atoms with Crippen molar-refractivity contribution in [3.63, 3.8) is 0 Å². The van der Waals surface area contributed by atoms with E-state index in [1.807, 2.05) is 28.9 Å². The molecule has 0 amide bonds. The Morgan fingerprint density at radius 2 is 1.51 bits per heavy atom. The van der Waals surface area contributed by atoms with Crippen LogP contribution in [0.4, 0.5) is 26.3 Å². The average molecular weight is 507 g/mol. The number of nitrogens with one attached hydrogen (secondary N) is 1. The molecule has 1 atom stereocenters. The summed E-state index contributed by atoms with van der Waals surface area (Å²) in [6.07, 6.45) is -2.15. The van der Waals surface area contributed by atoms with Crippen molar-refractivity contribution in [3.05, 3.63) is 48.7 Å². The lowest BCUT2D eigenvalue weighted by Gasteiger charge is -2.19. The second-order valence-electron chi connectivity index (χ2n) is 7.08. The Bertz CT molecular complexity index is 1100. The molecular weight excluding hydrogens is 488 g/mol. The van der Waals surface area contributed by atoms with Crippen molar-refractivity contribution in [3.8, 4) is 11.1 Å². The number of hydrogen-bond donors (Lipinski definition) is 3. The second-order valence-corrected chi connectivity index (χ2v) is 7.08. The van der Waals surface area contributed by atoms with Crippen molar-refractivity contribution < 1.29 is 46.1 Å². The van der Waals surface area contributed by atoms with E-state index in [2.05, 4.69) is 26.4 Å². The molecule has 1 saturated heterocycles. The highest BCUT2D eigenvalue weighted by molar-refractivity contribution is 5.73. The van der Waals surface area contributed by atoms with E-state index in [0.29, 0.717) is 5.92 Å². The van der Waals surface area contributed by atoms with Gasteiger partial charge < -0.3 is 15.5 Å². The monoisotopic (exact) mass is 507 g/mol. The topological polar surface area (TPSA) is 130 Å². The minimum absolute atomic E-state index is 0.433. The number of aromatic nitrogens is 4. The van der Waals surface area contributed by atoms with Crippen LogP contribution in [0.3, 0.4) is 0 Å². The molecule has 0 bridgehead atoms. The van der Waals surface area contributed by atoms with Gasteiger partial charge in [-0.2, -0.15) is 31.4 Å². The maximum Gasteiger partial charge on any atom is 0.490 e. The second kappa shape index (κ2) is 11.6. The van der Waals surface area contributed by atoms with Gasteiger partial charge in [-0.1, -0.05) is 0 Å². The molecule has 0 radical (unpaired) electrons. The molecule has 190 valence electrons. The predicted molar refractivity (Wildman–Crippen MR) is 108 cm³/mol. The van der Waals surface area contributed by atoms with E-state index in [4.69, 9.17) is 19.8 Å². The van der Waals surface area contributed by atoms with Crippen molar-refractivity contribution in [2.24, 2.45) is 0 Å². The fourth-order valence-electron chi connectivity index (χ4n) is 2.86. The number of carboxylic acid groups (broad SMARTS) is 2. The Hall–Kier alpha value is -3.75. The minimum Gasteiger partial charge on any atom is -0.475 e. The number of carbonyl (C=O) groups is 2. The summed E-state index contributed by atoms with van der Waals surface area (Å²) in [5.74, 6) is -4.13. The number of alkyl halides is 6. The number of carboxylic acids is 2. The van der Waals surface area contributed by atoms with Crippen molar-refractivity contribution in [2.45, 2.75) is 31.1 Å². The van der Waals surface area contributed by atoms with Crippen LogP contribution >= 0.6 is 0 Å². The quantitative estimate of drug-likeness (QED) is 0.450. The van der Waals surface area contributed by atoms with Crippen LogP contribution in [-0.4, -0.2) is 67.2 Å². The zero-order chi connectivity index (χ0) is 26.2. The molecule has 1 aliphatic rings. The maximum atomic E-state index is 10.6. The molecule has 9 nitrogen and oxygen atoms in total. The van der Waals surface area contributed by atoms with Crippen LogP contribution < -0.4 is 5.32 Å². The minimum atomic E-state index is -5.08. The molecule has 0 aromatic carbocycles. The number of halogens is 6. The molecule has 35 heavy (non-hydrogen) atoms. The van der Waals surface area contributed by atoms with Crippen molar-refractivity contribution >= 4 is 17.6 Å². The summed E-state index contributed by atoms with van der Waals surface area (Å²) in [5.41, 5.74) is 3.18. The molecule has 15 heteroatoms. The van der Waals surface area contributed by atoms with Gasteiger partial charge in [0.1, 0.15) is 0 Å². The lowest BCUT2D eigenvalue weighted by molar-refractivity contribution is -0.193. The van der Waals surface area contributed by atoms with E-state index in [1.54, 1.807) is 12.4 Å². The molecule has 4 heterocycles. The first kappa shape index (κ1) is 27.5. The molecule has 3 aromatic rings. The van der Waals surface area contributed by atoms with Gasteiger partial charge >= 0.3 is 24.3 Å². The third-order valence-corrected chi connectivity index (χ3v) is 4.51. The number of pyridine rings is 2. The number of rotatable bonds is 2. The van der Waals surface area contributed by atoms with E-state index in [9.17, 15) is 26.3 Å². The van der Waals surface area contributed by atoms with E-state index in [0.717, 1.165) is 35.7 Å². The largest absolute Gasteiger partial charge is 0.490 e. The summed E-state index contributed by atoms with van der Waals surface area (Å²) in [6, 6.07) is 8.12. The summed E-state index contributed by atoms with van der Waals surface area (Å²) >= 11 is 0. The van der Waals surface area contributed by atoms with Gasteiger partial charge in [0.25, 0.3) is 0 Å². The van der Waals surface area contributed by atoms with Crippen LogP contribution in [0.2, 0.25) is 0 Å². The van der Waals surface area contributed by atoms with Crippen LogP contribution in [0.5, 0.6) is 0 Å². The molecule has 0 spiro atoms. The van der Waals surface area contributed by atoms with Gasteiger partial charge in [0.05, 0.1) is 0 Å². The Labute approximate surface area is 193 Å². The maximum absolute atomic E-state index is 10.6. The zero-order valence-corrected chi connectivity index (χ0v) is 17.7. The molecule has 0 saturated carbocycles. The van der Waals surface area contributed by atoms with Crippen LogP contribution in [0, 0.1) is 0 Å². The first-order valence-electron chi connectivity index (χ1n) is 9.86. The lowest BCUT2D eigenvalue weighted by Crippen LogP contribution is -2.28. The standard InChI is InChI=1S/C16H17N5.2C2HF3O2/c1-2-13(10-18-7-1)16-19-15-4-3-14(11-21(15)20-16)12-5-8-17-9-6-12;2*3-2(4,5)1(6)7/h3-6,8-9,11,13,18H,1-2,7,10H2;2*(H,6,7). The van der Waals surface area contributed by atoms with Gasteiger partial charge in [0.15, 0.2) is 11.5 Å². The highest BCUT2D eigenvalue weighted by Crippen LogP contribution is 2.23. The van der Waals surface area contributed by atoms with Crippen molar-refractivity contribution in [2.75, 3.05) is 13.1 Å². The Morgan fingerprint density at radius 1 is 0.943 bits per heavy atom. The smallest absolute Gasteiger partial charge is 0.475 e. The molecule has 1 aliphatic heterocycles. The van der Waals surface area contributed by atoms with Gasteiger partial charge in [-0.3, -0.25) is 4.98 Å². The lowest BCUT2D eigenvalue weighted by atomic mass is 9.99. The highest BCUT2D eigenvalue weighted by atomic mass is 19.4. The zero-order valence-electron chi connectivity index (χ0n) is 17.7. The SMILES string of the molecule is O=C(O)C(F)(F)F.O=C(O)C(F)(F)F.c1cc(-c2ccc3nc(C4CCCNC4)nn3c2)ccn1. The summed E-state index contributed by atoms with van der Waals surface area (Å²) < 4.78 is 65.4. The number of nitrogens with zero attached hydrogens (tertiary/aromatic N) is 4. The highest BCUT2D eigenvalue weighted by Gasteiger charge is 2.38. The molecule has 4 rings (SSSR count). The normalized spacial score (nSPS) is 15.9. The summed E-state index contributed by atoms with van der Waals surface area (Å²) in [5, 5.41) is 22.3. The molecule has 3 N–H and O–H groups in total. The molecule has 1 unspecified atom stereocenters. The number of aliphatic carboxylic acids is 2. The number of piperidine rings is 1. The fourth-order valence-corrected chi connectivity index (χ4v) is 2.86. The van der Waals surface area contributed by atoms with Crippen LogP contribution in [-0.2, 0) is 9.59 Å². The van der Waals surface area contributed by atoms with Crippen LogP contribution in [0.25, 0.3) is 16.8 Å². The van der Waals surface area contributed by atoms with E-state index in [1.165, 1.54) is 12.8 Å². The van der Waals surface area contributed by atoms with Crippen molar-refractivity contribution in [1.82, 2.24) is 24.9 Å². The third kappa shape index (κ3) is 8.51. The summed E-state index contributed by atoms with van der Waals surface area (Å²) in [4.78, 5) is 26.5. The number of hydrogen-bond acceptors (Lipinski definition) is 6. The fraction of sp³-hybridized carbons (Fsp3) is 0.350. The van der Waals surface area contributed by atoms with E-state index in [-0.39, 0.29) is 0 Å². The molecule has 3 aromatic heterocycles. The first-order valence-corrected chi connectivity index (χ1v) is 9.86. The van der Waals surface area contributed by atoms with E-state index < -0.39 is 24.3 Å². The molecule has 0 aliphatic carbocycles. The Morgan fingerprint density at radius 3 is 2.00 bits per heavy atom. The summed E-state index contributed by atoms with van der Waals surface area (Å²) in [7, 11) is 0.